The number of carbonyl (C=O) groups is 1. The van der Waals surface area contributed by atoms with E-state index in [0.29, 0.717) is 18.4 Å². The lowest BCUT2D eigenvalue weighted by molar-refractivity contribution is -0.132. The van der Waals surface area contributed by atoms with Gasteiger partial charge in [-0.1, -0.05) is 0 Å². The quantitative estimate of drug-likeness (QED) is 0.887. The number of piperidine rings is 1. The molecule has 1 N–H and O–H groups in total. The predicted octanol–water partition coefficient (Wildman–Crippen LogP) is 1.69. The molecule has 1 fully saturated rings. The number of likely N-dealkylation sites (tertiary alicyclic amines) is 1. The van der Waals surface area contributed by atoms with Crippen LogP contribution in [-0.2, 0) is 4.79 Å². The molecule has 1 aromatic heterocycles. The average molecular weight is 278 g/mol. The number of ether oxygens (including phenoxy) is 1. The summed E-state index contributed by atoms with van der Waals surface area (Å²) in [4.78, 5) is 22.5. The Morgan fingerprint density at radius 3 is 2.90 bits per heavy atom. The van der Waals surface area contributed by atoms with Gasteiger partial charge in [0.1, 0.15) is 6.04 Å². The lowest BCUT2D eigenvalue weighted by Crippen LogP contribution is -2.44. The van der Waals surface area contributed by atoms with Crippen LogP contribution in [0.3, 0.4) is 0 Å². The molecule has 20 heavy (non-hydrogen) atoms. The number of aromatic nitrogens is 2. The minimum atomic E-state index is -0.329. The van der Waals surface area contributed by atoms with Gasteiger partial charge in [-0.15, -0.1) is 0 Å². The lowest BCUT2D eigenvalue weighted by Gasteiger charge is -2.29. The number of nitrogens with one attached hydrogen (secondary N) is 1. The van der Waals surface area contributed by atoms with E-state index in [0.717, 1.165) is 25.9 Å². The maximum atomic E-state index is 12.3. The Hall–Kier alpha value is -1.85. The predicted molar refractivity (Wildman–Crippen MR) is 76.7 cm³/mol. The largest absolute Gasteiger partial charge is 0.478 e. The first-order chi connectivity index (χ1) is 9.70. The fourth-order valence-electron chi connectivity index (χ4n) is 2.28. The molecule has 1 unspecified atom stereocenters. The van der Waals surface area contributed by atoms with Crippen LogP contribution in [0.1, 0.15) is 33.1 Å². The molecule has 110 valence electrons. The highest BCUT2D eigenvalue weighted by atomic mass is 16.5. The zero-order chi connectivity index (χ0) is 14.4. The first-order valence-electron chi connectivity index (χ1n) is 7.22. The van der Waals surface area contributed by atoms with E-state index in [1.165, 1.54) is 6.42 Å². The molecular formula is C14H22N4O2. The van der Waals surface area contributed by atoms with Crippen LogP contribution in [0, 0.1) is 0 Å². The molecular weight excluding hydrogens is 256 g/mol. The van der Waals surface area contributed by atoms with Crippen molar-refractivity contribution in [1.82, 2.24) is 14.9 Å². The lowest BCUT2D eigenvalue weighted by atomic mass is 10.1. The van der Waals surface area contributed by atoms with Gasteiger partial charge in [-0.25, -0.2) is 4.98 Å². The van der Waals surface area contributed by atoms with Crippen molar-refractivity contribution >= 4 is 11.9 Å². The standard InChI is InChI=1S/C14H22N4O2/c1-3-20-12-7-8-15-14(17-12)16-11(2)13(19)18-9-5-4-6-10-18/h7-8,11H,3-6,9-10H2,1-2H3,(H,15,16,17). The molecule has 1 saturated heterocycles. The Labute approximate surface area is 119 Å². The summed E-state index contributed by atoms with van der Waals surface area (Å²) in [5.41, 5.74) is 0. The molecule has 6 nitrogen and oxygen atoms in total. The van der Waals surface area contributed by atoms with Crippen molar-refractivity contribution in [3.8, 4) is 5.88 Å². The fourth-order valence-corrected chi connectivity index (χ4v) is 2.28. The van der Waals surface area contributed by atoms with Crippen molar-refractivity contribution in [3.05, 3.63) is 12.3 Å². The highest BCUT2D eigenvalue weighted by molar-refractivity contribution is 5.83. The maximum Gasteiger partial charge on any atom is 0.244 e. The SMILES string of the molecule is CCOc1ccnc(NC(C)C(=O)N2CCCCC2)n1. The molecule has 0 bridgehead atoms. The molecule has 2 heterocycles. The Balaban J connectivity index is 1.94. The van der Waals surface area contributed by atoms with Crippen molar-refractivity contribution < 1.29 is 9.53 Å². The Kier molecular flexibility index (Phi) is 5.15. The van der Waals surface area contributed by atoms with Gasteiger partial charge in [0.05, 0.1) is 6.61 Å². The summed E-state index contributed by atoms with van der Waals surface area (Å²) in [5, 5.41) is 3.04. The fraction of sp³-hybridized carbons (Fsp3) is 0.643. The molecule has 1 aromatic rings. The number of hydrogen-bond acceptors (Lipinski definition) is 5. The first kappa shape index (κ1) is 14.6. The summed E-state index contributed by atoms with van der Waals surface area (Å²) in [6, 6.07) is 1.37. The molecule has 0 radical (unpaired) electrons. The zero-order valence-electron chi connectivity index (χ0n) is 12.1. The summed E-state index contributed by atoms with van der Waals surface area (Å²) in [6.07, 6.45) is 5.02. The van der Waals surface area contributed by atoms with Gasteiger partial charge >= 0.3 is 0 Å². The van der Waals surface area contributed by atoms with Crippen LogP contribution in [0.15, 0.2) is 12.3 Å². The summed E-state index contributed by atoms with van der Waals surface area (Å²) < 4.78 is 5.32. The van der Waals surface area contributed by atoms with Gasteiger partial charge in [0.15, 0.2) is 0 Å². The van der Waals surface area contributed by atoms with Crippen molar-refractivity contribution in [3.63, 3.8) is 0 Å². The van der Waals surface area contributed by atoms with Gasteiger partial charge in [-0.05, 0) is 33.1 Å². The van der Waals surface area contributed by atoms with Crippen LogP contribution in [0.4, 0.5) is 5.95 Å². The average Bonchev–Trinajstić information content (AvgIpc) is 2.48. The minimum Gasteiger partial charge on any atom is -0.478 e. The van der Waals surface area contributed by atoms with E-state index in [2.05, 4.69) is 15.3 Å². The van der Waals surface area contributed by atoms with Gasteiger partial charge in [0.2, 0.25) is 17.7 Å². The van der Waals surface area contributed by atoms with E-state index in [1.54, 1.807) is 12.3 Å². The summed E-state index contributed by atoms with van der Waals surface area (Å²) in [6.45, 7) is 6.00. The van der Waals surface area contributed by atoms with E-state index in [4.69, 9.17) is 4.74 Å². The van der Waals surface area contributed by atoms with E-state index < -0.39 is 0 Å². The highest BCUT2D eigenvalue weighted by Gasteiger charge is 2.22. The topological polar surface area (TPSA) is 67.3 Å². The molecule has 0 aromatic carbocycles. The number of rotatable bonds is 5. The number of carbonyl (C=O) groups excluding carboxylic acids is 1. The van der Waals surface area contributed by atoms with Gasteiger partial charge in [0.25, 0.3) is 0 Å². The van der Waals surface area contributed by atoms with Crippen LogP contribution in [-0.4, -0.2) is 46.5 Å². The van der Waals surface area contributed by atoms with Gasteiger partial charge in [-0.3, -0.25) is 4.79 Å². The molecule has 2 rings (SSSR count). The Morgan fingerprint density at radius 2 is 2.20 bits per heavy atom. The van der Waals surface area contributed by atoms with Crippen molar-refractivity contribution in [2.45, 2.75) is 39.2 Å². The summed E-state index contributed by atoms with van der Waals surface area (Å²) >= 11 is 0. The molecule has 1 atom stereocenters. The van der Waals surface area contributed by atoms with Crippen molar-refractivity contribution in [2.24, 2.45) is 0 Å². The molecule has 0 saturated carbocycles. The van der Waals surface area contributed by atoms with Crippen LogP contribution < -0.4 is 10.1 Å². The molecule has 6 heteroatoms. The molecule has 1 amide bonds. The van der Waals surface area contributed by atoms with E-state index in [-0.39, 0.29) is 11.9 Å². The van der Waals surface area contributed by atoms with E-state index in [1.807, 2.05) is 18.7 Å². The third-order valence-electron chi connectivity index (χ3n) is 3.31. The minimum absolute atomic E-state index is 0.107. The number of amides is 1. The second-order valence-electron chi connectivity index (χ2n) is 4.90. The third kappa shape index (κ3) is 3.82. The van der Waals surface area contributed by atoms with Crippen LogP contribution in [0.25, 0.3) is 0 Å². The Morgan fingerprint density at radius 1 is 1.45 bits per heavy atom. The maximum absolute atomic E-state index is 12.3. The van der Waals surface area contributed by atoms with Gasteiger partial charge in [-0.2, -0.15) is 4.98 Å². The zero-order valence-corrected chi connectivity index (χ0v) is 12.1. The van der Waals surface area contributed by atoms with E-state index in [9.17, 15) is 4.79 Å². The first-order valence-corrected chi connectivity index (χ1v) is 7.22. The molecule has 1 aliphatic rings. The normalized spacial score (nSPS) is 16.6. The number of hydrogen-bond donors (Lipinski definition) is 1. The molecule has 0 aliphatic carbocycles. The second kappa shape index (κ2) is 7.07. The van der Waals surface area contributed by atoms with Gasteiger partial charge < -0.3 is 15.0 Å². The highest BCUT2D eigenvalue weighted by Crippen LogP contribution is 2.13. The second-order valence-corrected chi connectivity index (χ2v) is 4.90. The number of anilines is 1. The third-order valence-corrected chi connectivity index (χ3v) is 3.31. The summed E-state index contributed by atoms with van der Waals surface area (Å²) in [5.74, 6) is 1.05. The van der Waals surface area contributed by atoms with Crippen LogP contribution >= 0.6 is 0 Å². The van der Waals surface area contributed by atoms with Crippen LogP contribution in [0.2, 0.25) is 0 Å². The van der Waals surface area contributed by atoms with E-state index >= 15 is 0 Å². The van der Waals surface area contributed by atoms with Crippen LogP contribution in [0.5, 0.6) is 5.88 Å². The Bertz CT molecular complexity index is 447. The van der Waals surface area contributed by atoms with Gasteiger partial charge in [0, 0.05) is 25.4 Å². The molecule has 1 aliphatic heterocycles. The number of nitrogens with zero attached hydrogens (tertiary/aromatic N) is 3. The molecule has 0 spiro atoms. The van der Waals surface area contributed by atoms with Crippen molar-refractivity contribution in [1.29, 1.82) is 0 Å². The monoisotopic (exact) mass is 278 g/mol. The summed E-state index contributed by atoms with van der Waals surface area (Å²) in [7, 11) is 0. The smallest absolute Gasteiger partial charge is 0.244 e. The van der Waals surface area contributed by atoms with Crippen molar-refractivity contribution in [2.75, 3.05) is 25.0 Å².